The maximum atomic E-state index is 5.89. The van der Waals surface area contributed by atoms with Gasteiger partial charge in [0, 0.05) is 6.07 Å². The standard InChI is InChI=1S/C14H17N3O/c1-10-2-5-12(16-14-6-7-15-17-14)13(8-10)18-9-11-3-4-11/h2,5-8,11H,3-4,9H2,1H3,(H2,15,16,17). The number of H-pyrrole nitrogens is 1. The van der Waals surface area contributed by atoms with Crippen LogP contribution in [0.5, 0.6) is 5.75 Å². The highest BCUT2D eigenvalue weighted by Crippen LogP contribution is 2.33. The maximum Gasteiger partial charge on any atom is 0.143 e. The van der Waals surface area contributed by atoms with Crippen LogP contribution in [0.3, 0.4) is 0 Å². The lowest BCUT2D eigenvalue weighted by Crippen LogP contribution is -2.02. The summed E-state index contributed by atoms with van der Waals surface area (Å²) >= 11 is 0. The molecule has 3 rings (SSSR count). The quantitative estimate of drug-likeness (QED) is 0.847. The second-order valence-electron chi connectivity index (χ2n) is 4.85. The van der Waals surface area contributed by atoms with E-state index in [9.17, 15) is 0 Å². The van der Waals surface area contributed by atoms with E-state index < -0.39 is 0 Å². The average Bonchev–Trinajstić information content (AvgIpc) is 3.06. The minimum atomic E-state index is 0.755. The van der Waals surface area contributed by atoms with Crippen LogP contribution < -0.4 is 10.1 Å². The van der Waals surface area contributed by atoms with Gasteiger partial charge in [0.25, 0.3) is 0 Å². The topological polar surface area (TPSA) is 49.9 Å². The Morgan fingerprint density at radius 1 is 1.39 bits per heavy atom. The Morgan fingerprint density at radius 2 is 2.28 bits per heavy atom. The van der Waals surface area contributed by atoms with Crippen molar-refractivity contribution in [3.05, 3.63) is 36.0 Å². The normalized spacial score (nSPS) is 14.5. The number of nitrogens with zero attached hydrogens (tertiary/aromatic N) is 1. The fourth-order valence-electron chi connectivity index (χ4n) is 1.81. The molecule has 0 amide bonds. The molecule has 0 radical (unpaired) electrons. The van der Waals surface area contributed by atoms with Crippen molar-refractivity contribution in [1.29, 1.82) is 0 Å². The number of rotatable bonds is 5. The number of aromatic nitrogens is 2. The van der Waals surface area contributed by atoms with Crippen molar-refractivity contribution in [3.8, 4) is 5.75 Å². The molecule has 94 valence electrons. The molecule has 4 nitrogen and oxygen atoms in total. The Bertz CT molecular complexity index is 518. The number of hydrogen-bond acceptors (Lipinski definition) is 3. The third-order valence-electron chi connectivity index (χ3n) is 3.08. The van der Waals surface area contributed by atoms with Crippen LogP contribution in [0, 0.1) is 12.8 Å². The summed E-state index contributed by atoms with van der Waals surface area (Å²) in [6.45, 7) is 2.89. The van der Waals surface area contributed by atoms with Crippen LogP contribution in [-0.2, 0) is 0 Å². The van der Waals surface area contributed by atoms with Crippen LogP contribution in [-0.4, -0.2) is 16.8 Å². The summed E-state index contributed by atoms with van der Waals surface area (Å²) in [5.74, 6) is 2.54. The molecule has 4 heteroatoms. The molecule has 1 aromatic heterocycles. The summed E-state index contributed by atoms with van der Waals surface area (Å²) in [5, 5.41) is 10.1. The van der Waals surface area contributed by atoms with E-state index in [4.69, 9.17) is 4.74 Å². The van der Waals surface area contributed by atoms with Gasteiger partial charge in [-0.25, -0.2) is 0 Å². The lowest BCUT2D eigenvalue weighted by atomic mass is 10.2. The number of anilines is 2. The van der Waals surface area contributed by atoms with E-state index in [1.807, 2.05) is 12.1 Å². The molecule has 0 unspecified atom stereocenters. The number of hydrogen-bond donors (Lipinski definition) is 2. The smallest absolute Gasteiger partial charge is 0.143 e. The van der Waals surface area contributed by atoms with Crippen LogP contribution in [0.15, 0.2) is 30.5 Å². The highest BCUT2D eigenvalue weighted by atomic mass is 16.5. The Morgan fingerprint density at radius 3 is 3.00 bits per heavy atom. The van der Waals surface area contributed by atoms with Crippen molar-refractivity contribution < 1.29 is 4.74 Å². The second kappa shape index (κ2) is 4.72. The lowest BCUT2D eigenvalue weighted by molar-refractivity contribution is 0.301. The molecule has 0 saturated heterocycles. The number of ether oxygens (including phenoxy) is 1. The van der Waals surface area contributed by atoms with Crippen LogP contribution >= 0.6 is 0 Å². The Balaban J connectivity index is 1.77. The van der Waals surface area contributed by atoms with E-state index in [1.165, 1.54) is 18.4 Å². The van der Waals surface area contributed by atoms with Gasteiger partial charge in [-0.05, 0) is 43.4 Å². The van der Waals surface area contributed by atoms with Crippen molar-refractivity contribution >= 4 is 11.5 Å². The van der Waals surface area contributed by atoms with Crippen LogP contribution in [0.1, 0.15) is 18.4 Å². The van der Waals surface area contributed by atoms with Gasteiger partial charge in [-0.3, -0.25) is 5.10 Å². The maximum absolute atomic E-state index is 5.89. The molecule has 0 spiro atoms. The molecule has 18 heavy (non-hydrogen) atoms. The zero-order valence-corrected chi connectivity index (χ0v) is 10.4. The molecular formula is C14H17N3O. The fraction of sp³-hybridized carbons (Fsp3) is 0.357. The zero-order chi connectivity index (χ0) is 12.4. The highest BCUT2D eigenvalue weighted by molar-refractivity contribution is 5.64. The zero-order valence-electron chi connectivity index (χ0n) is 10.4. The van der Waals surface area contributed by atoms with Gasteiger partial charge in [0.1, 0.15) is 11.6 Å². The van der Waals surface area contributed by atoms with Gasteiger partial charge in [0.05, 0.1) is 18.5 Å². The first kappa shape index (κ1) is 11.1. The van der Waals surface area contributed by atoms with E-state index >= 15 is 0 Å². The van der Waals surface area contributed by atoms with E-state index in [0.717, 1.165) is 29.8 Å². The van der Waals surface area contributed by atoms with E-state index in [2.05, 4.69) is 34.6 Å². The van der Waals surface area contributed by atoms with Crippen LogP contribution in [0.25, 0.3) is 0 Å². The number of benzene rings is 1. The molecule has 1 fully saturated rings. The van der Waals surface area contributed by atoms with Crippen molar-refractivity contribution in [2.45, 2.75) is 19.8 Å². The third-order valence-corrected chi connectivity index (χ3v) is 3.08. The van der Waals surface area contributed by atoms with E-state index in [-0.39, 0.29) is 0 Å². The molecular weight excluding hydrogens is 226 g/mol. The molecule has 1 aliphatic carbocycles. The van der Waals surface area contributed by atoms with E-state index in [1.54, 1.807) is 6.20 Å². The summed E-state index contributed by atoms with van der Waals surface area (Å²) in [5.41, 5.74) is 2.18. The summed E-state index contributed by atoms with van der Waals surface area (Å²) < 4.78 is 5.89. The van der Waals surface area contributed by atoms with Gasteiger partial charge < -0.3 is 10.1 Å². The third kappa shape index (κ3) is 2.64. The lowest BCUT2D eigenvalue weighted by Gasteiger charge is -2.13. The predicted molar refractivity (Wildman–Crippen MR) is 71.3 cm³/mol. The minimum absolute atomic E-state index is 0.755. The van der Waals surface area contributed by atoms with Gasteiger partial charge in [0.2, 0.25) is 0 Å². The summed E-state index contributed by atoms with van der Waals surface area (Å²) in [6, 6.07) is 8.08. The van der Waals surface area contributed by atoms with Gasteiger partial charge in [0.15, 0.2) is 0 Å². The van der Waals surface area contributed by atoms with Gasteiger partial charge in [-0.15, -0.1) is 0 Å². The number of nitrogens with one attached hydrogen (secondary N) is 2. The first-order valence-electron chi connectivity index (χ1n) is 6.31. The predicted octanol–water partition coefficient (Wildman–Crippen LogP) is 3.25. The Hall–Kier alpha value is -1.97. The van der Waals surface area contributed by atoms with Crippen molar-refractivity contribution in [1.82, 2.24) is 10.2 Å². The number of aromatic amines is 1. The highest BCUT2D eigenvalue weighted by Gasteiger charge is 2.22. The van der Waals surface area contributed by atoms with Crippen LogP contribution in [0.2, 0.25) is 0 Å². The summed E-state index contributed by atoms with van der Waals surface area (Å²) in [6.07, 6.45) is 4.32. The number of aryl methyl sites for hydroxylation is 1. The van der Waals surface area contributed by atoms with Gasteiger partial charge in [-0.2, -0.15) is 5.10 Å². The van der Waals surface area contributed by atoms with Crippen molar-refractivity contribution in [3.63, 3.8) is 0 Å². The first-order valence-corrected chi connectivity index (χ1v) is 6.31. The summed E-state index contributed by atoms with van der Waals surface area (Å²) in [4.78, 5) is 0. The van der Waals surface area contributed by atoms with Gasteiger partial charge >= 0.3 is 0 Å². The second-order valence-corrected chi connectivity index (χ2v) is 4.85. The largest absolute Gasteiger partial charge is 0.491 e. The average molecular weight is 243 g/mol. The first-order chi connectivity index (χ1) is 8.81. The van der Waals surface area contributed by atoms with Gasteiger partial charge in [-0.1, -0.05) is 6.07 Å². The van der Waals surface area contributed by atoms with Crippen molar-refractivity contribution in [2.24, 2.45) is 5.92 Å². The van der Waals surface area contributed by atoms with Crippen LogP contribution in [0.4, 0.5) is 11.5 Å². The molecule has 2 N–H and O–H groups in total. The Labute approximate surface area is 106 Å². The molecule has 1 aliphatic rings. The molecule has 0 atom stereocenters. The molecule has 1 aromatic carbocycles. The van der Waals surface area contributed by atoms with Crippen molar-refractivity contribution in [2.75, 3.05) is 11.9 Å². The molecule has 1 heterocycles. The summed E-state index contributed by atoms with van der Waals surface area (Å²) in [7, 11) is 0. The molecule has 1 saturated carbocycles. The Kier molecular flexibility index (Phi) is 2.92. The fourth-order valence-corrected chi connectivity index (χ4v) is 1.81. The molecule has 0 aliphatic heterocycles. The minimum Gasteiger partial charge on any atom is -0.491 e. The SMILES string of the molecule is Cc1ccc(Nc2ccn[nH]2)c(OCC2CC2)c1. The molecule has 2 aromatic rings. The van der Waals surface area contributed by atoms with E-state index in [0.29, 0.717) is 0 Å². The monoisotopic (exact) mass is 243 g/mol. The molecule has 0 bridgehead atoms.